The molecular weight excluding hydrogens is 311 g/mol. The van der Waals surface area contributed by atoms with Gasteiger partial charge in [0, 0.05) is 16.5 Å². The molecule has 0 aliphatic heterocycles. The molecule has 19 heavy (non-hydrogen) atoms. The smallest absolute Gasteiger partial charge is 0.356 e. The van der Waals surface area contributed by atoms with E-state index >= 15 is 0 Å². The number of rotatable bonds is 3. The summed E-state index contributed by atoms with van der Waals surface area (Å²) in [5.41, 5.74) is 0.402. The SMILES string of the molecule is O=C(O)c1nc(Cc2c(Cl)cccc2Cl)ncc1Cl. The van der Waals surface area contributed by atoms with E-state index < -0.39 is 5.97 Å². The van der Waals surface area contributed by atoms with Crippen molar-refractivity contribution in [3.05, 3.63) is 56.5 Å². The summed E-state index contributed by atoms with van der Waals surface area (Å²) in [5, 5.41) is 9.88. The molecule has 0 aliphatic rings. The largest absolute Gasteiger partial charge is 0.476 e. The first kappa shape index (κ1) is 14.1. The number of carbonyl (C=O) groups is 1. The normalized spacial score (nSPS) is 10.5. The first-order valence-corrected chi connectivity index (χ1v) is 6.30. The lowest BCUT2D eigenvalue weighted by Crippen LogP contribution is -2.07. The Morgan fingerprint density at radius 3 is 2.37 bits per heavy atom. The summed E-state index contributed by atoms with van der Waals surface area (Å²) in [5.74, 6) is -0.921. The van der Waals surface area contributed by atoms with Gasteiger partial charge in [-0.15, -0.1) is 0 Å². The van der Waals surface area contributed by atoms with Gasteiger partial charge in [0.1, 0.15) is 5.82 Å². The van der Waals surface area contributed by atoms with E-state index in [1.807, 2.05) is 0 Å². The predicted molar refractivity (Wildman–Crippen MR) is 73.3 cm³/mol. The van der Waals surface area contributed by atoms with Crippen LogP contribution in [0.3, 0.4) is 0 Å². The highest BCUT2D eigenvalue weighted by atomic mass is 35.5. The van der Waals surface area contributed by atoms with E-state index in [2.05, 4.69) is 9.97 Å². The summed E-state index contributed by atoms with van der Waals surface area (Å²) in [7, 11) is 0. The van der Waals surface area contributed by atoms with Gasteiger partial charge in [0.05, 0.1) is 11.2 Å². The third kappa shape index (κ3) is 3.15. The van der Waals surface area contributed by atoms with Gasteiger partial charge in [0.2, 0.25) is 0 Å². The molecule has 7 heteroatoms. The molecule has 0 saturated carbocycles. The number of hydrogen-bond acceptors (Lipinski definition) is 3. The molecule has 0 atom stereocenters. The fourth-order valence-corrected chi connectivity index (χ4v) is 2.20. The summed E-state index contributed by atoms with van der Waals surface area (Å²) in [4.78, 5) is 18.8. The Morgan fingerprint density at radius 1 is 1.16 bits per heavy atom. The van der Waals surface area contributed by atoms with Crippen LogP contribution in [0.1, 0.15) is 21.9 Å². The lowest BCUT2D eigenvalue weighted by atomic mass is 10.1. The van der Waals surface area contributed by atoms with Gasteiger partial charge in [-0.1, -0.05) is 40.9 Å². The van der Waals surface area contributed by atoms with Crippen LogP contribution in [0, 0.1) is 0 Å². The van der Waals surface area contributed by atoms with Crippen LogP contribution in [0.25, 0.3) is 0 Å². The summed E-state index contributed by atoms with van der Waals surface area (Å²) in [6.07, 6.45) is 1.48. The molecular formula is C12H7Cl3N2O2. The molecule has 2 aromatic rings. The zero-order valence-electron chi connectivity index (χ0n) is 9.40. The molecule has 1 N–H and O–H groups in total. The van der Waals surface area contributed by atoms with Crippen molar-refractivity contribution in [2.45, 2.75) is 6.42 Å². The Morgan fingerprint density at radius 2 is 1.79 bits per heavy atom. The van der Waals surface area contributed by atoms with Gasteiger partial charge in [-0.05, 0) is 17.7 Å². The standard InChI is InChI=1S/C12H7Cl3N2O2/c13-7-2-1-3-8(14)6(7)4-10-16-5-9(15)11(17-10)12(18)19/h1-3,5H,4H2,(H,18,19). The molecule has 0 fully saturated rings. The van der Waals surface area contributed by atoms with E-state index in [-0.39, 0.29) is 23.0 Å². The molecule has 1 heterocycles. The molecule has 1 aromatic carbocycles. The van der Waals surface area contributed by atoms with Crippen molar-refractivity contribution in [1.29, 1.82) is 0 Å². The van der Waals surface area contributed by atoms with Crippen molar-refractivity contribution in [1.82, 2.24) is 9.97 Å². The summed E-state index contributed by atoms with van der Waals surface area (Å²) < 4.78 is 0. The average Bonchev–Trinajstić information content (AvgIpc) is 2.35. The van der Waals surface area contributed by atoms with Crippen molar-refractivity contribution >= 4 is 40.8 Å². The fourth-order valence-electron chi connectivity index (χ4n) is 1.50. The number of nitrogens with zero attached hydrogens (tertiary/aromatic N) is 2. The molecule has 2 rings (SSSR count). The topological polar surface area (TPSA) is 63.1 Å². The Hall–Kier alpha value is -1.36. The van der Waals surface area contributed by atoms with Crippen LogP contribution < -0.4 is 0 Å². The van der Waals surface area contributed by atoms with E-state index in [0.717, 1.165) is 0 Å². The second-order valence-corrected chi connectivity index (χ2v) is 4.89. The van der Waals surface area contributed by atoms with Crippen LogP contribution >= 0.6 is 34.8 Å². The fraction of sp³-hybridized carbons (Fsp3) is 0.0833. The van der Waals surface area contributed by atoms with Crippen LogP contribution in [-0.4, -0.2) is 21.0 Å². The number of aromatic nitrogens is 2. The van der Waals surface area contributed by atoms with Gasteiger partial charge in [0.25, 0.3) is 0 Å². The van der Waals surface area contributed by atoms with Gasteiger partial charge in [-0.2, -0.15) is 0 Å². The molecule has 0 amide bonds. The van der Waals surface area contributed by atoms with Gasteiger partial charge in [-0.25, -0.2) is 14.8 Å². The number of aromatic carboxylic acids is 1. The van der Waals surface area contributed by atoms with Crippen LogP contribution in [0.4, 0.5) is 0 Å². The molecule has 4 nitrogen and oxygen atoms in total. The Kier molecular flexibility index (Phi) is 4.24. The molecule has 0 unspecified atom stereocenters. The number of carboxylic acid groups (broad SMARTS) is 1. The molecule has 1 aromatic heterocycles. The van der Waals surface area contributed by atoms with Crippen LogP contribution in [0.15, 0.2) is 24.4 Å². The quantitative estimate of drug-likeness (QED) is 0.937. The van der Waals surface area contributed by atoms with Gasteiger partial charge >= 0.3 is 5.97 Å². The molecule has 0 radical (unpaired) electrons. The second kappa shape index (κ2) is 5.74. The van der Waals surface area contributed by atoms with Crippen molar-refractivity contribution < 1.29 is 9.90 Å². The van der Waals surface area contributed by atoms with Crippen LogP contribution in [0.5, 0.6) is 0 Å². The number of hydrogen-bond donors (Lipinski definition) is 1. The average molecular weight is 318 g/mol. The Balaban J connectivity index is 2.39. The highest BCUT2D eigenvalue weighted by Crippen LogP contribution is 2.26. The molecule has 98 valence electrons. The van der Waals surface area contributed by atoms with Crippen molar-refractivity contribution in [2.24, 2.45) is 0 Å². The molecule has 0 bridgehead atoms. The third-order valence-corrected chi connectivity index (χ3v) is 3.38. The van der Waals surface area contributed by atoms with Gasteiger partial charge < -0.3 is 5.11 Å². The Labute approximate surface area is 124 Å². The summed E-state index contributed by atoms with van der Waals surface area (Å²) >= 11 is 17.8. The Bertz CT molecular complexity index is 627. The monoisotopic (exact) mass is 316 g/mol. The van der Waals surface area contributed by atoms with Crippen molar-refractivity contribution in [3.8, 4) is 0 Å². The van der Waals surface area contributed by atoms with E-state index in [4.69, 9.17) is 39.9 Å². The number of carboxylic acids is 1. The maximum Gasteiger partial charge on any atom is 0.356 e. The van der Waals surface area contributed by atoms with Gasteiger partial charge in [-0.3, -0.25) is 0 Å². The van der Waals surface area contributed by atoms with E-state index in [1.54, 1.807) is 18.2 Å². The molecule has 0 spiro atoms. The van der Waals surface area contributed by atoms with E-state index in [0.29, 0.717) is 15.6 Å². The van der Waals surface area contributed by atoms with E-state index in [9.17, 15) is 4.79 Å². The zero-order valence-corrected chi connectivity index (χ0v) is 11.7. The van der Waals surface area contributed by atoms with Crippen molar-refractivity contribution in [3.63, 3.8) is 0 Å². The number of benzene rings is 1. The highest BCUT2D eigenvalue weighted by molar-refractivity contribution is 6.36. The first-order valence-electron chi connectivity index (χ1n) is 5.16. The summed E-state index contributed by atoms with van der Waals surface area (Å²) in [6, 6.07) is 5.10. The lowest BCUT2D eigenvalue weighted by Gasteiger charge is -2.06. The maximum atomic E-state index is 10.9. The maximum absolute atomic E-state index is 10.9. The minimum atomic E-state index is -1.21. The van der Waals surface area contributed by atoms with Crippen LogP contribution in [-0.2, 0) is 6.42 Å². The van der Waals surface area contributed by atoms with Crippen LogP contribution in [0.2, 0.25) is 15.1 Å². The lowest BCUT2D eigenvalue weighted by molar-refractivity contribution is 0.0690. The third-order valence-electron chi connectivity index (χ3n) is 2.39. The first-order chi connectivity index (χ1) is 8.99. The number of halogens is 3. The van der Waals surface area contributed by atoms with Crippen molar-refractivity contribution in [2.75, 3.05) is 0 Å². The van der Waals surface area contributed by atoms with E-state index in [1.165, 1.54) is 6.20 Å². The minimum Gasteiger partial charge on any atom is -0.476 e. The predicted octanol–water partition coefficient (Wildman–Crippen LogP) is 3.73. The molecule has 0 saturated heterocycles. The minimum absolute atomic E-state index is 0.0125. The van der Waals surface area contributed by atoms with Gasteiger partial charge in [0.15, 0.2) is 5.69 Å². The summed E-state index contributed by atoms with van der Waals surface area (Å²) in [6.45, 7) is 0. The molecule has 0 aliphatic carbocycles. The second-order valence-electron chi connectivity index (χ2n) is 3.66. The highest BCUT2D eigenvalue weighted by Gasteiger charge is 2.14. The zero-order chi connectivity index (χ0) is 14.0.